The number of rotatable bonds is 1. The fourth-order valence-electron chi connectivity index (χ4n) is 1.37. The molecule has 3 aromatic rings. The van der Waals surface area contributed by atoms with Crippen LogP contribution < -0.4 is 0 Å². The second-order valence-corrected chi connectivity index (χ2v) is 2.86. The van der Waals surface area contributed by atoms with Gasteiger partial charge in [-0.1, -0.05) is 5.16 Å². The molecule has 0 bridgehead atoms. The van der Waals surface area contributed by atoms with Gasteiger partial charge in [-0.25, -0.2) is 4.98 Å². The van der Waals surface area contributed by atoms with Crippen molar-refractivity contribution >= 4 is 11.1 Å². The average molecular weight is 186 g/mol. The molecule has 3 heterocycles. The van der Waals surface area contributed by atoms with E-state index in [1.54, 1.807) is 12.5 Å². The van der Waals surface area contributed by atoms with Crippen molar-refractivity contribution in [1.29, 1.82) is 0 Å². The molecule has 0 atom stereocenters. The Kier molecular flexibility index (Phi) is 1.41. The summed E-state index contributed by atoms with van der Waals surface area (Å²) < 4.78 is 10.3. The summed E-state index contributed by atoms with van der Waals surface area (Å²) in [6.07, 6.45) is 3.27. The van der Waals surface area contributed by atoms with Gasteiger partial charge in [0.05, 0.1) is 11.6 Å². The topological polar surface area (TPSA) is 52.1 Å². The molecular formula is C10H6N2O2. The SMILES string of the molecule is c1coc(-c2noc3ncccc23)c1. The smallest absolute Gasteiger partial charge is 0.258 e. The van der Waals surface area contributed by atoms with Crippen molar-refractivity contribution in [2.24, 2.45) is 0 Å². The van der Waals surface area contributed by atoms with Crippen LogP contribution in [0.2, 0.25) is 0 Å². The van der Waals surface area contributed by atoms with Crippen molar-refractivity contribution in [2.75, 3.05) is 0 Å². The fraction of sp³-hybridized carbons (Fsp3) is 0. The highest BCUT2D eigenvalue weighted by molar-refractivity contribution is 5.87. The maximum atomic E-state index is 5.24. The van der Waals surface area contributed by atoms with Crippen LogP contribution in [0, 0.1) is 0 Å². The van der Waals surface area contributed by atoms with E-state index in [0.717, 1.165) is 5.39 Å². The van der Waals surface area contributed by atoms with E-state index in [4.69, 9.17) is 8.94 Å². The molecule has 0 amide bonds. The molecule has 0 fully saturated rings. The van der Waals surface area contributed by atoms with Gasteiger partial charge in [0.1, 0.15) is 0 Å². The highest BCUT2D eigenvalue weighted by atomic mass is 16.5. The number of aromatic nitrogens is 2. The molecule has 0 aliphatic rings. The zero-order valence-electron chi connectivity index (χ0n) is 7.18. The highest BCUT2D eigenvalue weighted by Crippen LogP contribution is 2.26. The van der Waals surface area contributed by atoms with Crippen LogP contribution in [-0.4, -0.2) is 10.1 Å². The molecule has 3 rings (SSSR count). The van der Waals surface area contributed by atoms with Crippen molar-refractivity contribution in [3.05, 3.63) is 36.7 Å². The molecule has 0 aliphatic heterocycles. The number of furan rings is 1. The lowest BCUT2D eigenvalue weighted by Crippen LogP contribution is -1.74. The number of fused-ring (bicyclic) bond motifs is 1. The third-order valence-corrected chi connectivity index (χ3v) is 2.00. The zero-order valence-corrected chi connectivity index (χ0v) is 7.18. The molecule has 0 saturated heterocycles. The van der Waals surface area contributed by atoms with Gasteiger partial charge in [-0.15, -0.1) is 0 Å². The van der Waals surface area contributed by atoms with Gasteiger partial charge in [-0.05, 0) is 24.3 Å². The molecular weight excluding hydrogens is 180 g/mol. The third kappa shape index (κ3) is 0.939. The minimum absolute atomic E-state index is 0.527. The standard InChI is InChI=1S/C10H6N2O2/c1-3-7-9(8-4-2-6-13-8)12-14-10(7)11-5-1/h1-6H. The highest BCUT2D eigenvalue weighted by Gasteiger charge is 2.12. The van der Waals surface area contributed by atoms with E-state index in [0.29, 0.717) is 17.2 Å². The van der Waals surface area contributed by atoms with Gasteiger partial charge in [-0.2, -0.15) is 0 Å². The molecule has 4 nitrogen and oxygen atoms in total. The van der Waals surface area contributed by atoms with Gasteiger partial charge in [0, 0.05) is 6.20 Å². The van der Waals surface area contributed by atoms with E-state index in [1.165, 1.54) is 0 Å². The van der Waals surface area contributed by atoms with Crippen LogP contribution >= 0.6 is 0 Å². The van der Waals surface area contributed by atoms with Crippen molar-refractivity contribution in [2.45, 2.75) is 0 Å². The average Bonchev–Trinajstić information content (AvgIpc) is 2.85. The molecule has 0 N–H and O–H groups in total. The first-order valence-corrected chi connectivity index (χ1v) is 4.19. The van der Waals surface area contributed by atoms with Crippen LogP contribution in [0.15, 0.2) is 45.7 Å². The lowest BCUT2D eigenvalue weighted by atomic mass is 10.2. The maximum absolute atomic E-state index is 5.24. The van der Waals surface area contributed by atoms with Crippen molar-refractivity contribution in [1.82, 2.24) is 10.1 Å². The lowest BCUT2D eigenvalue weighted by molar-refractivity contribution is 0.447. The van der Waals surface area contributed by atoms with Crippen LogP contribution in [0.1, 0.15) is 0 Å². The van der Waals surface area contributed by atoms with Gasteiger partial charge < -0.3 is 8.94 Å². The summed E-state index contributed by atoms with van der Waals surface area (Å²) in [4.78, 5) is 4.04. The predicted octanol–water partition coefficient (Wildman–Crippen LogP) is 2.48. The second-order valence-electron chi connectivity index (χ2n) is 2.86. The first-order valence-electron chi connectivity index (χ1n) is 4.19. The quantitative estimate of drug-likeness (QED) is 0.585. The first kappa shape index (κ1) is 7.32. The van der Waals surface area contributed by atoms with Gasteiger partial charge in [0.15, 0.2) is 11.5 Å². The van der Waals surface area contributed by atoms with E-state index < -0.39 is 0 Å². The van der Waals surface area contributed by atoms with Crippen LogP contribution in [0.3, 0.4) is 0 Å². The molecule has 68 valence electrons. The molecule has 3 aromatic heterocycles. The van der Waals surface area contributed by atoms with E-state index >= 15 is 0 Å². The maximum Gasteiger partial charge on any atom is 0.258 e. The molecule has 14 heavy (non-hydrogen) atoms. The minimum Gasteiger partial charge on any atom is -0.463 e. The second kappa shape index (κ2) is 2.70. The summed E-state index contributed by atoms with van der Waals surface area (Å²) in [5.41, 5.74) is 1.22. The summed E-state index contributed by atoms with van der Waals surface area (Å²) in [5, 5.41) is 4.77. The molecule has 0 aromatic carbocycles. The van der Waals surface area contributed by atoms with Crippen molar-refractivity contribution in [3.8, 4) is 11.5 Å². The minimum atomic E-state index is 0.527. The Bertz CT molecular complexity index is 554. The number of pyridine rings is 1. The van der Waals surface area contributed by atoms with Crippen molar-refractivity contribution in [3.63, 3.8) is 0 Å². The first-order chi connectivity index (χ1) is 6.95. The van der Waals surface area contributed by atoms with Crippen LogP contribution in [0.5, 0.6) is 0 Å². The Labute approximate surface area is 79.1 Å². The molecule has 0 spiro atoms. The zero-order chi connectivity index (χ0) is 9.38. The Morgan fingerprint density at radius 2 is 2.14 bits per heavy atom. The van der Waals surface area contributed by atoms with Crippen molar-refractivity contribution < 1.29 is 8.94 Å². The summed E-state index contributed by atoms with van der Waals surface area (Å²) in [6, 6.07) is 7.39. The Balaban J connectivity index is 2.33. The Hall–Kier alpha value is -2.10. The predicted molar refractivity (Wildman–Crippen MR) is 49.5 cm³/mol. The number of nitrogens with zero attached hydrogens (tertiary/aromatic N) is 2. The Morgan fingerprint density at radius 1 is 1.14 bits per heavy atom. The van der Waals surface area contributed by atoms with E-state index in [9.17, 15) is 0 Å². The van der Waals surface area contributed by atoms with E-state index in [-0.39, 0.29) is 0 Å². The third-order valence-electron chi connectivity index (χ3n) is 2.00. The lowest BCUT2D eigenvalue weighted by Gasteiger charge is -1.87. The normalized spacial score (nSPS) is 10.9. The van der Waals surface area contributed by atoms with Crippen LogP contribution in [0.4, 0.5) is 0 Å². The van der Waals surface area contributed by atoms with E-state index in [1.807, 2.05) is 24.3 Å². The van der Waals surface area contributed by atoms with Crippen LogP contribution in [0.25, 0.3) is 22.6 Å². The number of hydrogen-bond acceptors (Lipinski definition) is 4. The van der Waals surface area contributed by atoms with Gasteiger partial charge >= 0.3 is 0 Å². The van der Waals surface area contributed by atoms with Gasteiger partial charge in [0.25, 0.3) is 5.71 Å². The molecule has 4 heteroatoms. The fourth-order valence-corrected chi connectivity index (χ4v) is 1.37. The summed E-state index contributed by atoms with van der Waals surface area (Å²) >= 11 is 0. The summed E-state index contributed by atoms with van der Waals surface area (Å²) in [5.74, 6) is 0.691. The Morgan fingerprint density at radius 3 is 3.00 bits per heavy atom. The number of hydrogen-bond donors (Lipinski definition) is 0. The van der Waals surface area contributed by atoms with Crippen LogP contribution in [-0.2, 0) is 0 Å². The van der Waals surface area contributed by atoms with E-state index in [2.05, 4.69) is 10.1 Å². The summed E-state index contributed by atoms with van der Waals surface area (Å²) in [6.45, 7) is 0. The molecule has 0 unspecified atom stereocenters. The summed E-state index contributed by atoms with van der Waals surface area (Å²) in [7, 11) is 0. The molecule has 0 radical (unpaired) electrons. The van der Waals surface area contributed by atoms with Gasteiger partial charge in [-0.3, -0.25) is 0 Å². The van der Waals surface area contributed by atoms with Gasteiger partial charge in [0.2, 0.25) is 0 Å². The monoisotopic (exact) mass is 186 g/mol. The molecule has 0 saturated carbocycles. The molecule has 0 aliphatic carbocycles. The largest absolute Gasteiger partial charge is 0.463 e.